The molecule has 0 aliphatic carbocycles. The first-order valence-corrected chi connectivity index (χ1v) is 5.96. The van der Waals surface area contributed by atoms with Gasteiger partial charge in [0.2, 0.25) is 0 Å². The number of hydrogen-bond acceptors (Lipinski definition) is 4. The summed E-state index contributed by atoms with van der Waals surface area (Å²) in [5.41, 5.74) is 1.95. The number of ether oxygens (including phenoxy) is 1. The molecule has 3 rings (SSSR count). The fourth-order valence-electron chi connectivity index (χ4n) is 2.20. The highest BCUT2D eigenvalue weighted by Crippen LogP contribution is 2.34. The highest BCUT2D eigenvalue weighted by Gasteiger charge is 2.22. The second kappa shape index (κ2) is 4.65. The molecular weight excluding hydrogens is 258 g/mol. The van der Waals surface area contributed by atoms with Crippen molar-refractivity contribution >= 4 is 16.7 Å². The normalized spacial score (nSPS) is 10.7. The molecule has 2 aromatic carbocycles. The van der Waals surface area contributed by atoms with E-state index in [9.17, 15) is 10.1 Å². The molecule has 3 aromatic rings. The van der Waals surface area contributed by atoms with Crippen molar-refractivity contribution in [2.75, 3.05) is 7.11 Å². The number of imidazole rings is 1. The molecule has 0 N–H and O–H groups in total. The number of methoxy groups -OCH3 is 1. The van der Waals surface area contributed by atoms with Crippen LogP contribution in [0.3, 0.4) is 0 Å². The Bertz CT molecular complexity index is 795. The van der Waals surface area contributed by atoms with Crippen molar-refractivity contribution in [3.8, 4) is 11.4 Å². The Morgan fingerprint density at radius 2 is 2.00 bits per heavy atom. The molecule has 0 amide bonds. The van der Waals surface area contributed by atoms with Gasteiger partial charge in [-0.2, -0.15) is 0 Å². The molecule has 0 radical (unpaired) electrons. The van der Waals surface area contributed by atoms with Crippen LogP contribution in [-0.4, -0.2) is 21.6 Å². The fraction of sp³-hybridized carbons (Fsp3) is 0.0714. The van der Waals surface area contributed by atoms with Crippen molar-refractivity contribution in [2.45, 2.75) is 0 Å². The quantitative estimate of drug-likeness (QED) is 0.541. The Labute approximate surface area is 114 Å². The first-order chi connectivity index (χ1) is 9.72. The van der Waals surface area contributed by atoms with Gasteiger partial charge in [-0.05, 0) is 24.3 Å². The molecule has 0 unspecified atom stereocenters. The average molecular weight is 269 g/mol. The van der Waals surface area contributed by atoms with Gasteiger partial charge in [0.25, 0.3) is 0 Å². The summed E-state index contributed by atoms with van der Waals surface area (Å²) in [6, 6.07) is 12.4. The van der Waals surface area contributed by atoms with Gasteiger partial charge in [-0.1, -0.05) is 18.2 Å². The van der Waals surface area contributed by atoms with Crippen molar-refractivity contribution < 1.29 is 9.66 Å². The van der Waals surface area contributed by atoms with E-state index in [1.807, 2.05) is 24.3 Å². The van der Waals surface area contributed by atoms with Crippen LogP contribution in [0.1, 0.15) is 0 Å². The van der Waals surface area contributed by atoms with Gasteiger partial charge in [0, 0.05) is 0 Å². The summed E-state index contributed by atoms with van der Waals surface area (Å²) >= 11 is 0. The summed E-state index contributed by atoms with van der Waals surface area (Å²) in [5.74, 6) is 0.227. The highest BCUT2D eigenvalue weighted by atomic mass is 16.6. The Morgan fingerprint density at radius 3 is 2.75 bits per heavy atom. The Balaban J connectivity index is 2.32. The van der Waals surface area contributed by atoms with E-state index in [0.29, 0.717) is 5.69 Å². The van der Waals surface area contributed by atoms with E-state index < -0.39 is 4.92 Å². The Morgan fingerprint density at radius 1 is 1.20 bits per heavy atom. The van der Waals surface area contributed by atoms with Gasteiger partial charge in [0.1, 0.15) is 12.0 Å². The zero-order valence-electron chi connectivity index (χ0n) is 10.7. The van der Waals surface area contributed by atoms with E-state index >= 15 is 0 Å². The standard InChI is InChI=1S/C14H11N3O3/c1-20-13-8-4-7-12(14(13)17(18)19)16-9-15-10-5-2-3-6-11(10)16/h2-9H,1H3. The maximum Gasteiger partial charge on any atom is 0.334 e. The van der Waals surface area contributed by atoms with Gasteiger partial charge in [-0.25, -0.2) is 4.98 Å². The number of nitro benzene ring substituents is 1. The summed E-state index contributed by atoms with van der Waals surface area (Å²) in [7, 11) is 1.41. The van der Waals surface area contributed by atoms with Gasteiger partial charge < -0.3 is 4.74 Å². The number of nitro groups is 1. The van der Waals surface area contributed by atoms with Gasteiger partial charge in [0.05, 0.1) is 23.1 Å². The number of rotatable bonds is 3. The predicted octanol–water partition coefficient (Wildman–Crippen LogP) is 2.94. The minimum absolute atomic E-state index is 0.0712. The lowest BCUT2D eigenvalue weighted by Crippen LogP contribution is -2.01. The monoisotopic (exact) mass is 269 g/mol. The molecule has 0 atom stereocenters. The minimum atomic E-state index is -0.442. The van der Waals surface area contributed by atoms with Crippen LogP contribution in [0.15, 0.2) is 48.8 Å². The lowest BCUT2D eigenvalue weighted by molar-refractivity contribution is -0.385. The summed E-state index contributed by atoms with van der Waals surface area (Å²) in [6.07, 6.45) is 1.58. The maximum atomic E-state index is 11.3. The second-order valence-electron chi connectivity index (χ2n) is 4.19. The molecule has 0 saturated heterocycles. The number of fused-ring (bicyclic) bond motifs is 1. The second-order valence-corrected chi connectivity index (χ2v) is 4.19. The van der Waals surface area contributed by atoms with Crippen molar-refractivity contribution in [1.29, 1.82) is 0 Å². The lowest BCUT2D eigenvalue weighted by atomic mass is 10.2. The SMILES string of the molecule is COc1cccc(-n2cnc3ccccc32)c1[N+](=O)[O-]. The molecule has 100 valence electrons. The molecule has 1 heterocycles. The zero-order chi connectivity index (χ0) is 14.1. The number of para-hydroxylation sites is 3. The molecule has 0 fully saturated rings. The van der Waals surface area contributed by atoms with Gasteiger partial charge in [0.15, 0.2) is 5.75 Å². The van der Waals surface area contributed by atoms with Crippen LogP contribution in [-0.2, 0) is 0 Å². The summed E-state index contributed by atoms with van der Waals surface area (Å²) < 4.78 is 6.77. The van der Waals surface area contributed by atoms with E-state index in [1.165, 1.54) is 7.11 Å². The molecule has 0 spiro atoms. The molecule has 0 saturated carbocycles. The van der Waals surface area contributed by atoms with Crippen molar-refractivity contribution in [2.24, 2.45) is 0 Å². The maximum absolute atomic E-state index is 11.3. The molecule has 0 aliphatic rings. The van der Waals surface area contributed by atoms with Gasteiger partial charge in [-0.15, -0.1) is 0 Å². The van der Waals surface area contributed by atoms with E-state index in [4.69, 9.17) is 4.74 Å². The van der Waals surface area contributed by atoms with Crippen molar-refractivity contribution in [3.63, 3.8) is 0 Å². The van der Waals surface area contributed by atoms with Crippen LogP contribution in [0.2, 0.25) is 0 Å². The average Bonchev–Trinajstić information content (AvgIpc) is 2.90. The van der Waals surface area contributed by atoms with Crippen LogP contribution in [0.4, 0.5) is 5.69 Å². The molecule has 0 bridgehead atoms. The van der Waals surface area contributed by atoms with Crippen LogP contribution in [0.25, 0.3) is 16.7 Å². The van der Waals surface area contributed by atoms with Crippen molar-refractivity contribution in [1.82, 2.24) is 9.55 Å². The lowest BCUT2D eigenvalue weighted by Gasteiger charge is -2.08. The number of benzene rings is 2. The third kappa shape index (κ3) is 1.78. The number of nitrogens with zero attached hydrogens (tertiary/aromatic N) is 3. The summed E-state index contributed by atoms with van der Waals surface area (Å²) in [6.45, 7) is 0. The molecule has 6 nitrogen and oxygen atoms in total. The zero-order valence-corrected chi connectivity index (χ0v) is 10.7. The fourth-order valence-corrected chi connectivity index (χ4v) is 2.20. The van der Waals surface area contributed by atoms with Crippen LogP contribution < -0.4 is 4.74 Å². The number of hydrogen-bond donors (Lipinski definition) is 0. The first kappa shape index (κ1) is 12.2. The van der Waals surface area contributed by atoms with Crippen LogP contribution >= 0.6 is 0 Å². The van der Waals surface area contributed by atoms with Crippen LogP contribution in [0.5, 0.6) is 5.75 Å². The molecule has 6 heteroatoms. The van der Waals surface area contributed by atoms with E-state index in [2.05, 4.69) is 4.98 Å². The smallest absolute Gasteiger partial charge is 0.334 e. The predicted molar refractivity (Wildman–Crippen MR) is 74.3 cm³/mol. The third-order valence-corrected chi connectivity index (χ3v) is 3.09. The van der Waals surface area contributed by atoms with Gasteiger partial charge in [-0.3, -0.25) is 14.7 Å². The van der Waals surface area contributed by atoms with E-state index in [1.54, 1.807) is 29.1 Å². The summed E-state index contributed by atoms with van der Waals surface area (Å²) in [4.78, 5) is 15.1. The topological polar surface area (TPSA) is 70.2 Å². The first-order valence-electron chi connectivity index (χ1n) is 5.96. The molecular formula is C14H11N3O3. The Kier molecular flexibility index (Phi) is 2.83. The third-order valence-electron chi connectivity index (χ3n) is 3.09. The molecule has 1 aromatic heterocycles. The molecule has 0 aliphatic heterocycles. The van der Waals surface area contributed by atoms with E-state index in [-0.39, 0.29) is 11.4 Å². The largest absolute Gasteiger partial charge is 0.490 e. The number of aromatic nitrogens is 2. The molecule has 20 heavy (non-hydrogen) atoms. The van der Waals surface area contributed by atoms with Gasteiger partial charge >= 0.3 is 5.69 Å². The van der Waals surface area contributed by atoms with Crippen molar-refractivity contribution in [3.05, 3.63) is 58.9 Å². The van der Waals surface area contributed by atoms with E-state index in [0.717, 1.165) is 11.0 Å². The Hall–Kier alpha value is -2.89. The highest BCUT2D eigenvalue weighted by molar-refractivity contribution is 5.79. The minimum Gasteiger partial charge on any atom is -0.490 e. The van der Waals surface area contributed by atoms with Crippen LogP contribution in [0, 0.1) is 10.1 Å². The summed E-state index contributed by atoms with van der Waals surface area (Å²) in [5, 5.41) is 11.3.